The number of hydrogen-bond acceptors (Lipinski definition) is 2. The lowest BCUT2D eigenvalue weighted by Gasteiger charge is -2.13. The average Bonchev–Trinajstić information content (AvgIpc) is 2.18. The van der Waals surface area contributed by atoms with Crippen LogP contribution >= 0.6 is 7.60 Å². The molecule has 0 heterocycles. The van der Waals surface area contributed by atoms with Gasteiger partial charge in [0.2, 0.25) is 0 Å². The van der Waals surface area contributed by atoms with E-state index >= 15 is 0 Å². The van der Waals surface area contributed by atoms with E-state index in [-0.39, 0.29) is 11.9 Å². The zero-order valence-corrected chi connectivity index (χ0v) is 9.83. The molecule has 1 aromatic rings. The van der Waals surface area contributed by atoms with E-state index in [2.05, 4.69) is 6.58 Å². The van der Waals surface area contributed by atoms with Crippen LogP contribution in [0.25, 0.3) is 5.31 Å². The molecule has 0 amide bonds. The lowest BCUT2D eigenvalue weighted by atomic mass is 10.1. The first-order valence-electron chi connectivity index (χ1n) is 4.71. The second kappa shape index (κ2) is 4.75. The molecule has 1 unspecified atom stereocenters. The van der Waals surface area contributed by atoms with Gasteiger partial charge in [-0.2, -0.15) is 0 Å². The van der Waals surface area contributed by atoms with Gasteiger partial charge in [0.1, 0.15) is 0 Å². The Balaban J connectivity index is 2.94. The first kappa shape index (κ1) is 12.2. The van der Waals surface area contributed by atoms with E-state index in [0.717, 1.165) is 5.56 Å². The number of aryl methyl sites for hydroxylation is 1. The van der Waals surface area contributed by atoms with Gasteiger partial charge in [-0.25, -0.2) is 0 Å². The van der Waals surface area contributed by atoms with E-state index in [4.69, 9.17) is 4.52 Å². The molecule has 82 valence electrons. The number of benzene rings is 1. The summed E-state index contributed by atoms with van der Waals surface area (Å²) in [4.78, 5) is 9.54. The normalized spacial score (nSPS) is 14.6. The molecule has 0 aliphatic heterocycles. The van der Waals surface area contributed by atoms with Crippen LogP contribution in [-0.4, -0.2) is 11.5 Å². The summed E-state index contributed by atoms with van der Waals surface area (Å²) in [6.07, 6.45) is 0. The maximum absolute atomic E-state index is 11.6. The molecular formula is C11H15O3P. The van der Waals surface area contributed by atoms with E-state index < -0.39 is 7.60 Å². The van der Waals surface area contributed by atoms with Gasteiger partial charge in [-0.1, -0.05) is 36.4 Å². The third kappa shape index (κ3) is 3.03. The maximum atomic E-state index is 11.6. The quantitative estimate of drug-likeness (QED) is 0.802. The molecular weight excluding hydrogens is 211 g/mol. The van der Waals surface area contributed by atoms with Gasteiger partial charge < -0.3 is 9.42 Å². The lowest BCUT2D eigenvalue weighted by Crippen LogP contribution is -1.91. The predicted octanol–water partition coefficient (Wildman–Crippen LogP) is 3.19. The van der Waals surface area contributed by atoms with E-state index in [1.165, 1.54) is 0 Å². The van der Waals surface area contributed by atoms with Crippen molar-refractivity contribution in [1.29, 1.82) is 0 Å². The largest absolute Gasteiger partial charge is 0.358 e. The maximum Gasteiger partial charge on any atom is 0.358 e. The first-order valence-corrected chi connectivity index (χ1v) is 6.29. The van der Waals surface area contributed by atoms with Crippen LogP contribution < -0.4 is 0 Å². The molecule has 0 radical (unpaired) electrons. The summed E-state index contributed by atoms with van der Waals surface area (Å²) in [5, 5.41) is 0.143. The number of rotatable bonds is 4. The van der Waals surface area contributed by atoms with Crippen molar-refractivity contribution in [3.8, 4) is 0 Å². The molecule has 0 bridgehead atoms. The van der Waals surface area contributed by atoms with Crippen molar-refractivity contribution < 1.29 is 14.0 Å². The van der Waals surface area contributed by atoms with Crippen molar-refractivity contribution in [3.63, 3.8) is 0 Å². The van der Waals surface area contributed by atoms with Crippen molar-refractivity contribution >= 4 is 12.9 Å². The van der Waals surface area contributed by atoms with Gasteiger partial charge in [0, 0.05) is 0 Å². The van der Waals surface area contributed by atoms with Crippen molar-refractivity contribution in [2.24, 2.45) is 0 Å². The molecule has 15 heavy (non-hydrogen) atoms. The van der Waals surface area contributed by atoms with Crippen molar-refractivity contribution in [1.82, 2.24) is 0 Å². The van der Waals surface area contributed by atoms with Crippen molar-refractivity contribution in [3.05, 3.63) is 42.0 Å². The molecule has 0 fully saturated rings. The predicted molar refractivity (Wildman–Crippen MR) is 61.7 cm³/mol. The summed E-state index contributed by atoms with van der Waals surface area (Å²) in [5.41, 5.74) is 1.73. The van der Waals surface area contributed by atoms with Gasteiger partial charge in [0.25, 0.3) is 0 Å². The third-order valence-corrected chi connectivity index (χ3v) is 3.58. The molecule has 0 spiro atoms. The van der Waals surface area contributed by atoms with Crippen molar-refractivity contribution in [2.45, 2.75) is 13.8 Å². The van der Waals surface area contributed by atoms with Crippen LogP contribution in [0.1, 0.15) is 18.1 Å². The highest BCUT2D eigenvalue weighted by atomic mass is 31.2. The molecule has 4 heteroatoms. The fourth-order valence-electron chi connectivity index (χ4n) is 1.16. The molecule has 1 N–H and O–H groups in total. The first-order chi connectivity index (χ1) is 6.97. The van der Waals surface area contributed by atoms with Crippen LogP contribution in [0.2, 0.25) is 0 Å². The fraction of sp³-hybridized carbons (Fsp3) is 0.273. The van der Waals surface area contributed by atoms with Gasteiger partial charge >= 0.3 is 7.60 Å². The Morgan fingerprint density at radius 3 is 2.47 bits per heavy atom. The molecule has 0 aliphatic rings. The summed E-state index contributed by atoms with van der Waals surface area (Å²) in [5.74, 6) is 0. The Morgan fingerprint density at radius 2 is 2.00 bits per heavy atom. The molecule has 0 saturated heterocycles. The standard InChI is InChI=1S/C11H15O3P/c1-4-14-15(12,13)10(3)11-7-5-9(2)6-8-11/h5-8H,3-4H2,1-2H3,(H,12,13). The van der Waals surface area contributed by atoms with E-state index in [1.54, 1.807) is 19.1 Å². The van der Waals surface area contributed by atoms with Crippen LogP contribution in [0.4, 0.5) is 0 Å². The van der Waals surface area contributed by atoms with Crippen LogP contribution in [0, 0.1) is 6.92 Å². The van der Waals surface area contributed by atoms with E-state index in [0.29, 0.717) is 5.56 Å². The molecule has 1 aromatic carbocycles. The summed E-state index contributed by atoms with van der Waals surface area (Å²) >= 11 is 0. The Kier molecular flexibility index (Phi) is 3.86. The van der Waals surface area contributed by atoms with Gasteiger partial charge in [-0.15, -0.1) is 0 Å². The molecule has 0 saturated carbocycles. The average molecular weight is 226 g/mol. The highest BCUT2D eigenvalue weighted by Gasteiger charge is 2.24. The van der Waals surface area contributed by atoms with Gasteiger partial charge in [0.05, 0.1) is 11.9 Å². The molecule has 3 nitrogen and oxygen atoms in total. The molecule has 1 atom stereocenters. The minimum absolute atomic E-state index is 0.143. The monoisotopic (exact) mass is 226 g/mol. The number of hydrogen-bond donors (Lipinski definition) is 1. The van der Waals surface area contributed by atoms with Crippen molar-refractivity contribution in [2.75, 3.05) is 6.61 Å². The summed E-state index contributed by atoms with van der Waals surface area (Å²) in [6.45, 7) is 7.42. The Bertz CT molecular complexity index is 395. The smallest absolute Gasteiger partial charge is 0.321 e. The van der Waals surface area contributed by atoms with Crippen LogP contribution in [0.15, 0.2) is 30.8 Å². The highest BCUT2D eigenvalue weighted by Crippen LogP contribution is 2.54. The third-order valence-electron chi connectivity index (χ3n) is 2.03. The second-order valence-electron chi connectivity index (χ2n) is 3.25. The van der Waals surface area contributed by atoms with Gasteiger partial charge in [-0.3, -0.25) is 4.57 Å². The Morgan fingerprint density at radius 1 is 1.47 bits per heavy atom. The van der Waals surface area contributed by atoms with E-state index in [9.17, 15) is 9.46 Å². The zero-order valence-electron chi connectivity index (χ0n) is 8.93. The minimum atomic E-state index is -3.72. The Labute approximate surface area is 89.9 Å². The molecule has 0 aliphatic carbocycles. The summed E-state index contributed by atoms with van der Waals surface area (Å²) in [7, 11) is -3.72. The van der Waals surface area contributed by atoms with Gasteiger partial charge in [-0.05, 0) is 19.4 Å². The summed E-state index contributed by atoms with van der Waals surface area (Å²) in [6, 6.07) is 7.26. The zero-order chi connectivity index (χ0) is 11.5. The lowest BCUT2D eigenvalue weighted by molar-refractivity contribution is 0.285. The van der Waals surface area contributed by atoms with Crippen LogP contribution in [-0.2, 0) is 9.09 Å². The Hall–Kier alpha value is -0.890. The van der Waals surface area contributed by atoms with Crippen LogP contribution in [0.5, 0.6) is 0 Å². The second-order valence-corrected chi connectivity index (χ2v) is 5.09. The highest BCUT2D eigenvalue weighted by molar-refractivity contribution is 7.64. The van der Waals surface area contributed by atoms with E-state index in [1.807, 2.05) is 19.1 Å². The molecule has 1 rings (SSSR count). The van der Waals surface area contributed by atoms with Crippen LogP contribution in [0.3, 0.4) is 0 Å². The SMILES string of the molecule is C=C(c1ccc(C)cc1)P(=O)(O)OCC. The molecule has 0 aromatic heterocycles. The summed E-state index contributed by atoms with van der Waals surface area (Å²) < 4.78 is 16.4. The topological polar surface area (TPSA) is 46.5 Å². The van der Waals surface area contributed by atoms with Gasteiger partial charge in [0.15, 0.2) is 0 Å². The minimum Gasteiger partial charge on any atom is -0.321 e. The fourth-order valence-corrected chi connectivity index (χ4v) is 2.14.